The van der Waals surface area contributed by atoms with Gasteiger partial charge in [-0.2, -0.15) is 0 Å². The van der Waals surface area contributed by atoms with Gasteiger partial charge in [-0.05, 0) is 49.4 Å². The number of carbonyl (C=O) groups is 1. The highest BCUT2D eigenvalue weighted by Crippen LogP contribution is 2.33. The molecule has 0 radical (unpaired) electrons. The number of fused-ring (bicyclic) bond motifs is 1. The molecule has 3 aromatic carbocycles. The number of nitrogens with one attached hydrogen (secondary N) is 3. The van der Waals surface area contributed by atoms with Gasteiger partial charge in [-0.3, -0.25) is 4.79 Å². The molecule has 1 amide bonds. The predicted octanol–water partition coefficient (Wildman–Crippen LogP) is 4.17. The molecule has 0 aliphatic carbocycles. The standard InChI is InChI=1S/C25H27N3O3/c1-25(17-27-20-8-4-2-5-9-20)18-31-23-13-12-19(16-22(23)28-25)24(29)26-14-15-30-21-10-6-3-7-11-21/h2-13,16,27-28H,14-15,17-18H2,1H3,(H,26,29). The second-order valence-corrected chi connectivity index (χ2v) is 7.82. The van der Waals surface area contributed by atoms with Gasteiger partial charge in [0.1, 0.15) is 24.7 Å². The fraction of sp³-hybridized carbons (Fsp3) is 0.240. The largest absolute Gasteiger partial charge is 0.492 e. The minimum absolute atomic E-state index is 0.143. The number of hydrogen-bond donors (Lipinski definition) is 3. The third-order valence-electron chi connectivity index (χ3n) is 5.08. The van der Waals surface area contributed by atoms with Crippen molar-refractivity contribution in [3.05, 3.63) is 84.4 Å². The van der Waals surface area contributed by atoms with Gasteiger partial charge in [-0.25, -0.2) is 0 Å². The van der Waals surface area contributed by atoms with E-state index in [4.69, 9.17) is 9.47 Å². The highest BCUT2D eigenvalue weighted by molar-refractivity contribution is 5.95. The molecule has 160 valence electrons. The van der Waals surface area contributed by atoms with Gasteiger partial charge in [0.2, 0.25) is 0 Å². The Morgan fingerprint density at radius 3 is 2.58 bits per heavy atom. The van der Waals surface area contributed by atoms with Crippen molar-refractivity contribution in [2.24, 2.45) is 0 Å². The lowest BCUT2D eigenvalue weighted by Crippen LogP contribution is -2.49. The third kappa shape index (κ3) is 5.48. The van der Waals surface area contributed by atoms with Gasteiger partial charge in [0.25, 0.3) is 5.91 Å². The Kier molecular flexibility index (Phi) is 6.26. The van der Waals surface area contributed by atoms with Crippen LogP contribution < -0.4 is 25.4 Å². The Hall–Kier alpha value is -3.67. The third-order valence-corrected chi connectivity index (χ3v) is 5.08. The first kappa shape index (κ1) is 20.6. The Bertz CT molecular complexity index is 1010. The number of ether oxygens (including phenoxy) is 2. The number of benzene rings is 3. The molecular weight excluding hydrogens is 390 g/mol. The van der Waals surface area contributed by atoms with Crippen LogP contribution in [0.25, 0.3) is 0 Å². The summed E-state index contributed by atoms with van der Waals surface area (Å²) in [5, 5.41) is 9.87. The van der Waals surface area contributed by atoms with Crippen LogP contribution in [0.4, 0.5) is 11.4 Å². The molecule has 6 heteroatoms. The zero-order valence-corrected chi connectivity index (χ0v) is 17.6. The first-order valence-electron chi connectivity index (χ1n) is 10.4. The summed E-state index contributed by atoms with van der Waals surface area (Å²) in [7, 11) is 0. The summed E-state index contributed by atoms with van der Waals surface area (Å²) in [6.45, 7) is 4.14. The van der Waals surface area contributed by atoms with E-state index in [0.717, 1.165) is 22.9 Å². The molecule has 0 saturated carbocycles. The summed E-state index contributed by atoms with van der Waals surface area (Å²) in [5.74, 6) is 1.40. The summed E-state index contributed by atoms with van der Waals surface area (Å²) in [4.78, 5) is 12.6. The van der Waals surface area contributed by atoms with Gasteiger partial charge in [-0.1, -0.05) is 36.4 Å². The Morgan fingerprint density at radius 2 is 1.81 bits per heavy atom. The maximum Gasteiger partial charge on any atom is 0.251 e. The van der Waals surface area contributed by atoms with E-state index >= 15 is 0 Å². The molecule has 1 heterocycles. The smallest absolute Gasteiger partial charge is 0.251 e. The topological polar surface area (TPSA) is 71.6 Å². The van der Waals surface area contributed by atoms with Crippen LogP contribution in [0.1, 0.15) is 17.3 Å². The van der Waals surface area contributed by atoms with Crippen LogP contribution in [0.15, 0.2) is 78.9 Å². The molecule has 6 nitrogen and oxygen atoms in total. The van der Waals surface area contributed by atoms with Crippen molar-refractivity contribution in [2.45, 2.75) is 12.5 Å². The van der Waals surface area contributed by atoms with E-state index in [9.17, 15) is 4.79 Å². The van der Waals surface area contributed by atoms with E-state index in [0.29, 0.717) is 31.9 Å². The molecule has 31 heavy (non-hydrogen) atoms. The van der Waals surface area contributed by atoms with Crippen molar-refractivity contribution in [1.29, 1.82) is 0 Å². The molecule has 0 bridgehead atoms. The van der Waals surface area contributed by atoms with Crippen molar-refractivity contribution in [3.63, 3.8) is 0 Å². The number of hydrogen-bond acceptors (Lipinski definition) is 5. The summed E-state index contributed by atoms with van der Waals surface area (Å²) < 4.78 is 11.6. The number of rotatable bonds is 8. The summed E-state index contributed by atoms with van der Waals surface area (Å²) in [6.07, 6.45) is 0. The summed E-state index contributed by atoms with van der Waals surface area (Å²) in [5.41, 5.74) is 2.15. The van der Waals surface area contributed by atoms with Gasteiger partial charge < -0.3 is 25.4 Å². The maximum atomic E-state index is 12.6. The fourth-order valence-corrected chi connectivity index (χ4v) is 3.39. The lowest BCUT2D eigenvalue weighted by molar-refractivity contribution is 0.0947. The Labute approximate surface area is 182 Å². The van der Waals surface area contributed by atoms with E-state index in [1.807, 2.05) is 72.8 Å². The molecule has 4 rings (SSSR count). The van der Waals surface area contributed by atoms with Crippen LogP contribution in [0.3, 0.4) is 0 Å². The second kappa shape index (κ2) is 9.43. The number of carbonyl (C=O) groups excluding carboxylic acids is 1. The Morgan fingerprint density at radius 1 is 1.06 bits per heavy atom. The lowest BCUT2D eigenvalue weighted by atomic mass is 10.00. The van der Waals surface area contributed by atoms with Crippen LogP contribution in [-0.4, -0.2) is 37.7 Å². The molecular formula is C25H27N3O3. The molecule has 1 atom stereocenters. The predicted molar refractivity (Wildman–Crippen MR) is 123 cm³/mol. The van der Waals surface area contributed by atoms with E-state index in [2.05, 4.69) is 22.9 Å². The SMILES string of the molecule is CC1(CNc2ccccc2)COc2ccc(C(=O)NCCOc3ccccc3)cc2N1. The molecule has 0 fully saturated rings. The van der Waals surface area contributed by atoms with Crippen molar-refractivity contribution < 1.29 is 14.3 Å². The second-order valence-electron chi connectivity index (χ2n) is 7.82. The first-order chi connectivity index (χ1) is 15.1. The molecule has 1 unspecified atom stereocenters. The summed E-state index contributed by atoms with van der Waals surface area (Å²) >= 11 is 0. The minimum Gasteiger partial charge on any atom is -0.492 e. The highest BCUT2D eigenvalue weighted by atomic mass is 16.5. The Balaban J connectivity index is 1.32. The monoisotopic (exact) mass is 417 g/mol. The zero-order valence-electron chi connectivity index (χ0n) is 17.6. The minimum atomic E-state index is -0.304. The van der Waals surface area contributed by atoms with Crippen LogP contribution in [-0.2, 0) is 0 Å². The number of amides is 1. The van der Waals surface area contributed by atoms with E-state index < -0.39 is 0 Å². The van der Waals surface area contributed by atoms with Crippen molar-refractivity contribution >= 4 is 17.3 Å². The van der Waals surface area contributed by atoms with E-state index in [1.54, 1.807) is 6.07 Å². The van der Waals surface area contributed by atoms with Gasteiger partial charge in [0, 0.05) is 17.8 Å². The highest BCUT2D eigenvalue weighted by Gasteiger charge is 2.31. The van der Waals surface area contributed by atoms with Gasteiger partial charge in [-0.15, -0.1) is 0 Å². The quantitative estimate of drug-likeness (QED) is 0.480. The van der Waals surface area contributed by atoms with Gasteiger partial charge in [0.15, 0.2) is 0 Å². The average Bonchev–Trinajstić information content (AvgIpc) is 2.81. The van der Waals surface area contributed by atoms with E-state index in [1.165, 1.54) is 0 Å². The molecule has 3 aromatic rings. The van der Waals surface area contributed by atoms with Crippen LogP contribution in [0, 0.1) is 0 Å². The van der Waals surface area contributed by atoms with Gasteiger partial charge in [0.05, 0.1) is 17.8 Å². The average molecular weight is 418 g/mol. The fourth-order valence-electron chi connectivity index (χ4n) is 3.39. The van der Waals surface area contributed by atoms with Crippen LogP contribution in [0.2, 0.25) is 0 Å². The number of anilines is 2. The summed E-state index contributed by atoms with van der Waals surface area (Å²) in [6, 6.07) is 25.1. The van der Waals surface area contributed by atoms with Crippen molar-refractivity contribution in [2.75, 3.05) is 36.9 Å². The number of para-hydroxylation sites is 2. The molecule has 0 saturated heterocycles. The zero-order chi connectivity index (χ0) is 21.5. The van der Waals surface area contributed by atoms with E-state index in [-0.39, 0.29) is 11.4 Å². The molecule has 1 aliphatic heterocycles. The lowest BCUT2D eigenvalue weighted by Gasteiger charge is -2.37. The van der Waals surface area contributed by atoms with Gasteiger partial charge >= 0.3 is 0 Å². The van der Waals surface area contributed by atoms with Crippen LogP contribution in [0.5, 0.6) is 11.5 Å². The van der Waals surface area contributed by atoms with Crippen LogP contribution >= 0.6 is 0 Å². The molecule has 3 N–H and O–H groups in total. The normalized spacial score (nSPS) is 16.9. The molecule has 1 aliphatic rings. The molecule has 0 aromatic heterocycles. The maximum absolute atomic E-state index is 12.6. The van der Waals surface area contributed by atoms with Crippen molar-refractivity contribution in [1.82, 2.24) is 5.32 Å². The molecule has 0 spiro atoms. The first-order valence-corrected chi connectivity index (χ1v) is 10.4. The van der Waals surface area contributed by atoms with Crippen molar-refractivity contribution in [3.8, 4) is 11.5 Å².